The smallest absolute Gasteiger partial charge is 0.101 e. The number of nitriles is 1. The highest BCUT2D eigenvalue weighted by atomic mass is 16.5. The molecule has 0 heterocycles. The summed E-state index contributed by atoms with van der Waals surface area (Å²) in [4.78, 5) is 0. The van der Waals surface area contributed by atoms with Crippen molar-refractivity contribution in [1.82, 2.24) is 0 Å². The van der Waals surface area contributed by atoms with E-state index >= 15 is 0 Å². The minimum Gasteiger partial charge on any atom is -0.396 e. The summed E-state index contributed by atoms with van der Waals surface area (Å²) in [7, 11) is 0. The fraction of sp³-hybridized carbons (Fsp3) is 0.462. The maximum Gasteiger partial charge on any atom is 0.101 e. The topological polar surface area (TPSA) is 71.1 Å². The number of para-hydroxylation sites is 1. The van der Waals surface area contributed by atoms with E-state index in [-0.39, 0.29) is 5.60 Å². The van der Waals surface area contributed by atoms with Crippen molar-refractivity contribution < 1.29 is 4.74 Å². The number of nitrogens with zero attached hydrogens (tertiary/aromatic N) is 1. The lowest BCUT2D eigenvalue weighted by Gasteiger charge is -2.20. The molecule has 4 heteroatoms. The number of anilines is 2. The van der Waals surface area contributed by atoms with Crippen molar-refractivity contribution in [3.63, 3.8) is 0 Å². The molecule has 1 aromatic rings. The number of nitrogens with two attached hydrogens (primary N) is 1. The van der Waals surface area contributed by atoms with Crippen molar-refractivity contribution in [3.05, 3.63) is 23.8 Å². The van der Waals surface area contributed by atoms with Gasteiger partial charge < -0.3 is 15.8 Å². The molecule has 0 bridgehead atoms. The Labute approximate surface area is 102 Å². The molecular formula is C13H19N3O. The SMILES string of the molecule is CC(C)(C)OCCNc1cccc(C#N)c1N. The minimum atomic E-state index is -0.137. The van der Waals surface area contributed by atoms with Gasteiger partial charge in [-0.15, -0.1) is 0 Å². The molecule has 0 aliphatic rings. The fourth-order valence-electron chi connectivity index (χ4n) is 1.36. The van der Waals surface area contributed by atoms with Crippen LogP contribution in [0, 0.1) is 11.3 Å². The highest BCUT2D eigenvalue weighted by molar-refractivity contribution is 5.72. The first-order valence-corrected chi connectivity index (χ1v) is 5.60. The van der Waals surface area contributed by atoms with Gasteiger partial charge in [-0.2, -0.15) is 5.26 Å². The summed E-state index contributed by atoms with van der Waals surface area (Å²) < 4.78 is 5.58. The van der Waals surface area contributed by atoms with Gasteiger partial charge in [0, 0.05) is 6.54 Å². The molecule has 0 radical (unpaired) electrons. The second-order valence-corrected chi connectivity index (χ2v) is 4.77. The first kappa shape index (κ1) is 13.3. The predicted octanol–water partition coefficient (Wildman–Crippen LogP) is 2.37. The molecule has 92 valence electrons. The Hall–Kier alpha value is -1.73. The van der Waals surface area contributed by atoms with Gasteiger partial charge in [0.15, 0.2) is 0 Å². The van der Waals surface area contributed by atoms with Gasteiger partial charge in [0.05, 0.1) is 29.1 Å². The Morgan fingerprint density at radius 1 is 1.41 bits per heavy atom. The third-order valence-corrected chi connectivity index (χ3v) is 2.18. The zero-order valence-electron chi connectivity index (χ0n) is 10.6. The molecule has 0 saturated heterocycles. The van der Waals surface area contributed by atoms with Crippen LogP contribution in [0.3, 0.4) is 0 Å². The summed E-state index contributed by atoms with van der Waals surface area (Å²) in [5.74, 6) is 0. The Morgan fingerprint density at radius 3 is 2.71 bits per heavy atom. The summed E-state index contributed by atoms with van der Waals surface area (Å²) in [6.07, 6.45) is 0. The number of hydrogen-bond acceptors (Lipinski definition) is 4. The average molecular weight is 233 g/mol. The van der Waals surface area contributed by atoms with Crippen molar-refractivity contribution >= 4 is 11.4 Å². The van der Waals surface area contributed by atoms with E-state index in [9.17, 15) is 0 Å². The molecular weight excluding hydrogens is 214 g/mol. The van der Waals surface area contributed by atoms with Gasteiger partial charge in [-0.3, -0.25) is 0 Å². The van der Waals surface area contributed by atoms with E-state index in [1.54, 1.807) is 6.07 Å². The molecule has 3 N–H and O–H groups in total. The summed E-state index contributed by atoms with van der Waals surface area (Å²) in [5, 5.41) is 12.0. The van der Waals surface area contributed by atoms with Crippen molar-refractivity contribution in [2.24, 2.45) is 0 Å². The second kappa shape index (κ2) is 5.55. The van der Waals surface area contributed by atoms with Crippen LogP contribution in [-0.4, -0.2) is 18.8 Å². The normalized spacial score (nSPS) is 10.9. The van der Waals surface area contributed by atoms with Crippen LogP contribution >= 0.6 is 0 Å². The summed E-state index contributed by atoms with van der Waals surface area (Å²) in [5.41, 5.74) is 7.46. The van der Waals surface area contributed by atoms with Crippen molar-refractivity contribution in [2.75, 3.05) is 24.2 Å². The lowest BCUT2D eigenvalue weighted by Crippen LogP contribution is -2.23. The third kappa shape index (κ3) is 4.33. The summed E-state index contributed by atoms with van der Waals surface area (Å²) in [6, 6.07) is 7.42. The van der Waals surface area contributed by atoms with Crippen molar-refractivity contribution in [1.29, 1.82) is 5.26 Å². The lowest BCUT2D eigenvalue weighted by molar-refractivity contribution is 0.00334. The fourth-order valence-corrected chi connectivity index (χ4v) is 1.36. The molecule has 0 aliphatic heterocycles. The first-order valence-electron chi connectivity index (χ1n) is 5.60. The number of rotatable bonds is 4. The van der Waals surface area contributed by atoms with Crippen LogP contribution in [0.2, 0.25) is 0 Å². The molecule has 0 atom stereocenters. The quantitative estimate of drug-likeness (QED) is 0.618. The molecule has 4 nitrogen and oxygen atoms in total. The van der Waals surface area contributed by atoms with Crippen LogP contribution in [-0.2, 0) is 4.74 Å². The van der Waals surface area contributed by atoms with E-state index < -0.39 is 0 Å². The molecule has 0 fully saturated rings. The van der Waals surface area contributed by atoms with Crippen molar-refractivity contribution in [2.45, 2.75) is 26.4 Å². The molecule has 0 amide bonds. The number of nitrogen functional groups attached to an aromatic ring is 1. The highest BCUT2D eigenvalue weighted by Gasteiger charge is 2.09. The van der Waals surface area contributed by atoms with Gasteiger partial charge in [-0.25, -0.2) is 0 Å². The second-order valence-electron chi connectivity index (χ2n) is 4.77. The first-order chi connectivity index (χ1) is 7.94. The van der Waals surface area contributed by atoms with E-state index in [0.29, 0.717) is 24.4 Å². The molecule has 0 spiro atoms. The van der Waals surface area contributed by atoms with Gasteiger partial charge in [0.2, 0.25) is 0 Å². The number of hydrogen-bond donors (Lipinski definition) is 2. The van der Waals surface area contributed by atoms with E-state index in [0.717, 1.165) is 5.69 Å². The Bertz CT molecular complexity index is 416. The van der Waals surface area contributed by atoms with Gasteiger partial charge in [-0.05, 0) is 32.9 Å². The predicted molar refractivity (Wildman–Crippen MR) is 69.8 cm³/mol. The lowest BCUT2D eigenvalue weighted by atomic mass is 10.1. The molecule has 1 rings (SSSR count). The maximum absolute atomic E-state index is 8.84. The Morgan fingerprint density at radius 2 is 2.12 bits per heavy atom. The van der Waals surface area contributed by atoms with Crippen molar-refractivity contribution in [3.8, 4) is 6.07 Å². The minimum absolute atomic E-state index is 0.137. The van der Waals surface area contributed by atoms with Crippen LogP contribution < -0.4 is 11.1 Å². The van der Waals surface area contributed by atoms with Crippen LogP contribution in [0.4, 0.5) is 11.4 Å². The van der Waals surface area contributed by atoms with E-state index in [1.807, 2.05) is 32.9 Å². The monoisotopic (exact) mass is 233 g/mol. The van der Waals surface area contributed by atoms with Crippen LogP contribution in [0.1, 0.15) is 26.3 Å². The summed E-state index contributed by atoms with van der Waals surface area (Å²) >= 11 is 0. The van der Waals surface area contributed by atoms with E-state index in [1.165, 1.54) is 0 Å². The van der Waals surface area contributed by atoms with Crippen LogP contribution in [0.15, 0.2) is 18.2 Å². The third-order valence-electron chi connectivity index (χ3n) is 2.18. The molecule has 17 heavy (non-hydrogen) atoms. The van der Waals surface area contributed by atoms with Gasteiger partial charge >= 0.3 is 0 Å². The summed E-state index contributed by atoms with van der Waals surface area (Å²) in [6.45, 7) is 7.29. The zero-order chi connectivity index (χ0) is 12.9. The van der Waals surface area contributed by atoms with Gasteiger partial charge in [-0.1, -0.05) is 6.07 Å². The largest absolute Gasteiger partial charge is 0.396 e. The molecule has 0 aliphatic carbocycles. The highest BCUT2D eigenvalue weighted by Crippen LogP contribution is 2.21. The van der Waals surface area contributed by atoms with E-state index in [4.69, 9.17) is 15.7 Å². The van der Waals surface area contributed by atoms with Crippen LogP contribution in [0.25, 0.3) is 0 Å². The van der Waals surface area contributed by atoms with Gasteiger partial charge in [0.1, 0.15) is 6.07 Å². The molecule has 0 unspecified atom stereocenters. The Balaban J connectivity index is 2.51. The Kier molecular flexibility index (Phi) is 4.36. The zero-order valence-corrected chi connectivity index (χ0v) is 10.6. The number of benzene rings is 1. The van der Waals surface area contributed by atoms with Crippen LogP contribution in [0.5, 0.6) is 0 Å². The van der Waals surface area contributed by atoms with E-state index in [2.05, 4.69) is 11.4 Å². The maximum atomic E-state index is 8.84. The molecule has 0 aromatic heterocycles. The molecule has 0 saturated carbocycles. The number of nitrogens with one attached hydrogen (secondary N) is 1. The van der Waals surface area contributed by atoms with Gasteiger partial charge in [0.25, 0.3) is 0 Å². The standard InChI is InChI=1S/C13H19N3O/c1-13(2,3)17-8-7-16-11-6-4-5-10(9-14)12(11)15/h4-6,16H,7-8,15H2,1-3H3. The molecule has 1 aromatic carbocycles. The number of ether oxygens (including phenoxy) is 1. The average Bonchev–Trinajstić information content (AvgIpc) is 2.25.